The number of nitrogens with one attached hydrogen (secondary N) is 1. The summed E-state index contributed by atoms with van der Waals surface area (Å²) in [5.74, 6) is -1.29. The third-order valence-electron chi connectivity index (χ3n) is 6.70. The molecule has 0 spiro atoms. The minimum atomic E-state index is -0.792. The number of hydrogen-bond acceptors (Lipinski definition) is 4. The number of carbonyl (C=O) groups excluding carboxylic acids is 2. The van der Waals surface area contributed by atoms with Gasteiger partial charge in [-0.1, -0.05) is 23.7 Å². The monoisotopic (exact) mass is 467 g/mol. The number of anilines is 1. The highest BCUT2D eigenvalue weighted by Gasteiger charge is 2.51. The van der Waals surface area contributed by atoms with E-state index in [2.05, 4.69) is 10.4 Å². The van der Waals surface area contributed by atoms with E-state index in [0.717, 1.165) is 18.4 Å². The van der Waals surface area contributed by atoms with Crippen molar-refractivity contribution >= 4 is 29.2 Å². The van der Waals surface area contributed by atoms with Crippen LogP contribution in [0.5, 0.6) is 0 Å². The number of carbonyl (C=O) groups is 2. The lowest BCUT2D eigenvalue weighted by atomic mass is 9.93. The number of nitrogens with zero attached hydrogens (tertiary/aromatic N) is 2. The first kappa shape index (κ1) is 21.6. The van der Waals surface area contributed by atoms with E-state index in [0.29, 0.717) is 41.3 Å². The van der Waals surface area contributed by atoms with Gasteiger partial charge in [0.25, 0.3) is 0 Å². The summed E-state index contributed by atoms with van der Waals surface area (Å²) in [6.07, 6.45) is 8.32. The lowest BCUT2D eigenvalue weighted by Crippen LogP contribution is -2.28. The smallest absolute Gasteiger partial charge is 0.338 e. The lowest BCUT2D eigenvalue weighted by molar-refractivity contribution is -0.118. The maximum Gasteiger partial charge on any atom is 0.338 e. The zero-order valence-electron chi connectivity index (χ0n) is 18.1. The summed E-state index contributed by atoms with van der Waals surface area (Å²) in [6.45, 7) is 0. The summed E-state index contributed by atoms with van der Waals surface area (Å²) < 4.78 is 20.9. The molecule has 2 aliphatic rings. The number of ether oxygens (including phenoxy) is 1. The Morgan fingerprint density at radius 2 is 2.00 bits per heavy atom. The predicted octanol–water partition coefficient (Wildman–Crippen LogP) is 5.52. The summed E-state index contributed by atoms with van der Waals surface area (Å²) in [6, 6.07) is 10.0. The van der Waals surface area contributed by atoms with E-state index in [1.165, 1.54) is 25.7 Å². The van der Waals surface area contributed by atoms with Gasteiger partial charge >= 0.3 is 5.97 Å². The molecule has 3 aromatic rings. The van der Waals surface area contributed by atoms with E-state index in [4.69, 9.17) is 16.3 Å². The zero-order valence-corrected chi connectivity index (χ0v) is 18.9. The van der Waals surface area contributed by atoms with E-state index in [-0.39, 0.29) is 10.9 Å². The van der Waals surface area contributed by atoms with Gasteiger partial charge in [0.2, 0.25) is 5.91 Å². The van der Waals surface area contributed by atoms with Crippen molar-refractivity contribution in [3.63, 3.8) is 0 Å². The maximum atomic E-state index is 14.0. The molecule has 1 N–H and O–H groups in total. The van der Waals surface area contributed by atoms with Crippen LogP contribution in [-0.4, -0.2) is 28.8 Å². The van der Waals surface area contributed by atoms with Crippen molar-refractivity contribution in [1.82, 2.24) is 9.78 Å². The summed E-state index contributed by atoms with van der Waals surface area (Å²) in [5.41, 5.74) is 2.11. The molecule has 8 heteroatoms. The number of halogens is 2. The van der Waals surface area contributed by atoms with E-state index in [1.54, 1.807) is 30.5 Å². The first-order valence-corrected chi connectivity index (χ1v) is 11.3. The summed E-state index contributed by atoms with van der Waals surface area (Å²) >= 11 is 5.79. The molecule has 1 aromatic heterocycles. The highest BCUT2D eigenvalue weighted by atomic mass is 35.5. The van der Waals surface area contributed by atoms with Crippen molar-refractivity contribution in [1.29, 1.82) is 0 Å². The Hall–Kier alpha value is -3.19. The molecule has 5 rings (SSSR count). The van der Waals surface area contributed by atoms with Gasteiger partial charge in [0.05, 0.1) is 35.3 Å². The summed E-state index contributed by atoms with van der Waals surface area (Å²) in [5, 5.41) is 7.37. The Kier molecular flexibility index (Phi) is 5.44. The molecule has 0 atom stereocenters. The molecule has 2 aromatic carbocycles. The highest BCUT2D eigenvalue weighted by Crippen LogP contribution is 2.49. The van der Waals surface area contributed by atoms with Crippen molar-refractivity contribution in [2.45, 2.75) is 43.6 Å². The zero-order chi connectivity index (χ0) is 23.2. The standard InChI is InChI=1S/C25H23ClFN3O3/c1-33-23(31)20-12-17(6-7-19(20)15-13-28-30(14-15)18-3-2-4-18)29-24(32)25(9-10-25)16-5-8-21(26)22(27)11-16/h5-8,11-14,18H,2-4,9-10H2,1H3,(H,29,32). The lowest BCUT2D eigenvalue weighted by Gasteiger charge is -2.25. The number of hydrogen-bond donors (Lipinski definition) is 1. The SMILES string of the molecule is COC(=O)c1cc(NC(=O)C2(c3ccc(Cl)c(F)c3)CC2)ccc1-c1cnn(C2CCC2)c1. The molecular weight excluding hydrogens is 445 g/mol. The van der Waals surface area contributed by atoms with Crippen molar-refractivity contribution in [3.8, 4) is 11.1 Å². The average molecular weight is 468 g/mol. The summed E-state index contributed by atoms with van der Waals surface area (Å²) in [4.78, 5) is 25.7. The van der Waals surface area contributed by atoms with Crippen molar-refractivity contribution in [3.05, 3.63) is 70.8 Å². The first-order chi connectivity index (χ1) is 15.9. The van der Waals surface area contributed by atoms with Crippen LogP contribution in [0.3, 0.4) is 0 Å². The molecule has 2 aliphatic carbocycles. The van der Waals surface area contributed by atoms with Crippen LogP contribution in [0.4, 0.5) is 10.1 Å². The molecule has 33 heavy (non-hydrogen) atoms. The minimum Gasteiger partial charge on any atom is -0.465 e. The molecule has 0 aliphatic heterocycles. The Morgan fingerprint density at radius 1 is 1.21 bits per heavy atom. The number of aromatic nitrogens is 2. The second kappa shape index (κ2) is 8.30. The van der Waals surface area contributed by atoms with E-state index < -0.39 is 17.2 Å². The molecule has 2 saturated carbocycles. The molecule has 1 amide bonds. The van der Waals surface area contributed by atoms with Crippen LogP contribution >= 0.6 is 11.6 Å². The van der Waals surface area contributed by atoms with Crippen LogP contribution in [-0.2, 0) is 14.9 Å². The van der Waals surface area contributed by atoms with E-state index >= 15 is 0 Å². The van der Waals surface area contributed by atoms with Crippen molar-refractivity contribution in [2.24, 2.45) is 0 Å². The number of esters is 1. The number of amides is 1. The van der Waals surface area contributed by atoms with Gasteiger partial charge in [-0.15, -0.1) is 0 Å². The average Bonchev–Trinajstić information content (AvgIpc) is 3.46. The number of benzene rings is 2. The molecule has 2 fully saturated rings. The molecule has 0 radical (unpaired) electrons. The summed E-state index contributed by atoms with van der Waals surface area (Å²) in [7, 11) is 1.32. The molecule has 0 bridgehead atoms. The first-order valence-electron chi connectivity index (χ1n) is 11.0. The number of methoxy groups -OCH3 is 1. The molecule has 170 valence electrons. The molecule has 1 heterocycles. The van der Waals surface area contributed by atoms with Gasteiger partial charge < -0.3 is 10.1 Å². The van der Waals surface area contributed by atoms with Crippen LogP contribution in [0.25, 0.3) is 11.1 Å². The van der Waals surface area contributed by atoms with Gasteiger partial charge in [-0.25, -0.2) is 9.18 Å². The van der Waals surface area contributed by atoms with Gasteiger partial charge in [-0.05, 0) is 67.5 Å². The minimum absolute atomic E-state index is 0.0221. The van der Waals surface area contributed by atoms with Gasteiger partial charge in [0.15, 0.2) is 0 Å². The van der Waals surface area contributed by atoms with Crippen LogP contribution in [0.2, 0.25) is 5.02 Å². The largest absolute Gasteiger partial charge is 0.465 e. The quantitative estimate of drug-likeness (QED) is 0.484. The van der Waals surface area contributed by atoms with Crippen molar-refractivity contribution in [2.75, 3.05) is 12.4 Å². The van der Waals surface area contributed by atoms with Gasteiger partial charge in [0.1, 0.15) is 5.82 Å². The van der Waals surface area contributed by atoms with Gasteiger partial charge in [-0.2, -0.15) is 5.10 Å². The van der Waals surface area contributed by atoms with Gasteiger partial charge in [0, 0.05) is 17.4 Å². The van der Waals surface area contributed by atoms with Crippen molar-refractivity contribution < 1.29 is 18.7 Å². The Labute approximate surface area is 195 Å². The predicted molar refractivity (Wildman–Crippen MR) is 123 cm³/mol. The normalized spacial score (nSPS) is 16.7. The Balaban J connectivity index is 1.42. The van der Waals surface area contributed by atoms with Crippen LogP contribution in [0.1, 0.15) is 54.1 Å². The molecule has 6 nitrogen and oxygen atoms in total. The van der Waals surface area contributed by atoms with E-state index in [1.807, 2.05) is 10.9 Å². The van der Waals surface area contributed by atoms with Crippen LogP contribution in [0, 0.1) is 5.82 Å². The van der Waals surface area contributed by atoms with Crippen LogP contribution in [0.15, 0.2) is 48.8 Å². The fraction of sp³-hybridized carbons (Fsp3) is 0.320. The number of rotatable bonds is 6. The highest BCUT2D eigenvalue weighted by molar-refractivity contribution is 6.30. The Bertz CT molecular complexity index is 1250. The third-order valence-corrected chi connectivity index (χ3v) is 7.01. The fourth-order valence-corrected chi connectivity index (χ4v) is 4.41. The topological polar surface area (TPSA) is 73.2 Å². The van der Waals surface area contributed by atoms with Crippen LogP contribution < -0.4 is 5.32 Å². The van der Waals surface area contributed by atoms with E-state index in [9.17, 15) is 14.0 Å². The molecular formula is C25H23ClFN3O3. The molecule has 0 saturated heterocycles. The second-order valence-electron chi connectivity index (χ2n) is 8.71. The maximum absolute atomic E-state index is 14.0. The second-order valence-corrected chi connectivity index (χ2v) is 9.12. The Morgan fingerprint density at radius 3 is 2.64 bits per heavy atom. The fourth-order valence-electron chi connectivity index (χ4n) is 4.30. The van der Waals surface area contributed by atoms with Gasteiger partial charge in [-0.3, -0.25) is 9.48 Å². The molecule has 0 unspecified atom stereocenters. The third kappa shape index (κ3) is 3.91.